The lowest BCUT2D eigenvalue weighted by Gasteiger charge is -2.26. The minimum absolute atomic E-state index is 0.108. The average Bonchev–Trinajstić information content (AvgIpc) is 3.23. The number of carbonyl (C=O) groups excluding carboxylic acids is 1. The number of nitrogens with zero attached hydrogens (tertiary/aromatic N) is 3. The second-order valence-electron chi connectivity index (χ2n) is 9.33. The number of rotatable bonds is 7. The van der Waals surface area contributed by atoms with E-state index in [0.717, 1.165) is 19.6 Å². The largest absolute Gasteiger partial charge is 0.478 e. The Morgan fingerprint density at radius 2 is 1.68 bits per heavy atom. The van der Waals surface area contributed by atoms with E-state index in [1.54, 1.807) is 12.1 Å². The first kappa shape index (κ1) is 24.3. The fraction of sp³-hybridized carbons (Fsp3) is 0.250. The van der Waals surface area contributed by atoms with Gasteiger partial charge >= 0.3 is 5.97 Å². The molecule has 0 saturated carbocycles. The third-order valence-electron chi connectivity index (χ3n) is 6.82. The predicted octanol–water partition coefficient (Wildman–Crippen LogP) is 5.14. The minimum atomic E-state index is -1.06. The Hall–Kier alpha value is -4.37. The first-order valence-electron chi connectivity index (χ1n) is 12.2. The van der Waals surface area contributed by atoms with Crippen LogP contribution in [0.25, 0.3) is 0 Å². The molecule has 0 bridgehead atoms. The molecule has 1 atom stereocenters. The van der Waals surface area contributed by atoms with Gasteiger partial charge in [0.05, 0.1) is 21.9 Å². The van der Waals surface area contributed by atoms with Crippen LogP contribution in [0.3, 0.4) is 0 Å². The number of carboxylic acids is 1. The highest BCUT2D eigenvalue weighted by atomic mass is 16.6. The molecule has 3 aromatic carbocycles. The second-order valence-corrected chi connectivity index (χ2v) is 9.33. The summed E-state index contributed by atoms with van der Waals surface area (Å²) in [6, 6.07) is 18.2. The topological polar surface area (TPSA) is 125 Å². The Balaban J connectivity index is 1.53. The number of amides is 1. The molecule has 3 aromatic rings. The number of nitro benzene ring substituents is 1. The summed E-state index contributed by atoms with van der Waals surface area (Å²) in [5.74, 6) is -2.30. The summed E-state index contributed by atoms with van der Waals surface area (Å²) in [7, 11) is 0. The van der Waals surface area contributed by atoms with Crippen LogP contribution < -0.4 is 5.32 Å². The number of fused-ring (bicyclic) bond motifs is 1. The molecule has 1 saturated heterocycles. The molecular weight excluding hydrogens is 472 g/mol. The van der Waals surface area contributed by atoms with Gasteiger partial charge in [-0.25, -0.2) is 4.79 Å². The highest BCUT2D eigenvalue weighted by Crippen LogP contribution is 2.38. The van der Waals surface area contributed by atoms with Crippen LogP contribution in [-0.2, 0) is 11.3 Å². The van der Waals surface area contributed by atoms with E-state index in [9.17, 15) is 24.8 Å². The summed E-state index contributed by atoms with van der Waals surface area (Å²) in [4.78, 5) is 42.6. The quantitative estimate of drug-likeness (QED) is 0.264. The van der Waals surface area contributed by atoms with E-state index < -0.39 is 16.8 Å². The maximum absolute atomic E-state index is 13.1. The number of hydrogen-bond donors (Lipinski definition) is 2. The zero-order chi connectivity index (χ0) is 25.9. The molecule has 1 amide bonds. The first-order chi connectivity index (χ1) is 17.9. The summed E-state index contributed by atoms with van der Waals surface area (Å²) in [5.41, 5.74) is 3.69. The van der Waals surface area contributed by atoms with Crippen molar-refractivity contribution in [2.24, 2.45) is 4.99 Å². The van der Waals surface area contributed by atoms with Crippen LogP contribution in [0.4, 0.5) is 17.1 Å². The van der Waals surface area contributed by atoms with Crippen molar-refractivity contribution in [1.29, 1.82) is 0 Å². The van der Waals surface area contributed by atoms with Crippen LogP contribution in [-0.4, -0.2) is 45.6 Å². The Labute approximate surface area is 213 Å². The third-order valence-corrected chi connectivity index (χ3v) is 6.82. The number of anilines is 1. The third kappa shape index (κ3) is 5.26. The molecule has 1 unspecified atom stereocenters. The van der Waals surface area contributed by atoms with Crippen molar-refractivity contribution in [1.82, 2.24) is 4.90 Å². The van der Waals surface area contributed by atoms with E-state index in [2.05, 4.69) is 10.2 Å². The number of piperidine rings is 1. The van der Waals surface area contributed by atoms with Gasteiger partial charge in [-0.05, 0) is 67.4 Å². The Kier molecular flexibility index (Phi) is 6.78. The zero-order valence-electron chi connectivity index (χ0n) is 20.1. The van der Waals surface area contributed by atoms with Crippen molar-refractivity contribution < 1.29 is 19.6 Å². The smallest absolute Gasteiger partial charge is 0.335 e. The Morgan fingerprint density at radius 3 is 2.32 bits per heavy atom. The van der Waals surface area contributed by atoms with Gasteiger partial charge in [0, 0.05) is 29.9 Å². The molecule has 2 N–H and O–H groups in total. The van der Waals surface area contributed by atoms with E-state index >= 15 is 0 Å². The number of non-ortho nitro benzene ring substituents is 1. The monoisotopic (exact) mass is 498 g/mol. The number of nitro groups is 1. The van der Waals surface area contributed by atoms with Gasteiger partial charge < -0.3 is 10.4 Å². The van der Waals surface area contributed by atoms with Crippen LogP contribution in [0.1, 0.15) is 52.2 Å². The van der Waals surface area contributed by atoms with Crippen molar-refractivity contribution in [3.8, 4) is 0 Å². The van der Waals surface area contributed by atoms with E-state index in [4.69, 9.17) is 4.99 Å². The molecule has 2 aliphatic heterocycles. The molecule has 2 aliphatic rings. The molecule has 0 spiro atoms. The van der Waals surface area contributed by atoms with Crippen LogP contribution in [0, 0.1) is 10.1 Å². The van der Waals surface area contributed by atoms with Crippen molar-refractivity contribution in [3.05, 3.63) is 99.1 Å². The van der Waals surface area contributed by atoms with Crippen molar-refractivity contribution in [2.45, 2.75) is 31.7 Å². The van der Waals surface area contributed by atoms with Gasteiger partial charge in [0.15, 0.2) is 0 Å². The standard InChI is InChI=1S/C28H26N4O5/c33-27-25(23-16-22(32(36)37)12-13-24(23)30-27)26(19-6-8-20(9-7-19)28(34)35)29-21-10-4-18(5-11-21)17-31-14-2-1-3-15-31/h4-13,16,25H,1-3,14-15,17H2,(H,30,33)(H,34,35). The SMILES string of the molecule is O=C(O)c1ccc(C(=Nc2ccc(CN3CCCCC3)cc2)C2C(=O)Nc3ccc([N+](=O)[O-])cc32)cc1. The number of benzene rings is 3. The Bertz CT molecular complexity index is 1380. The average molecular weight is 499 g/mol. The Morgan fingerprint density at radius 1 is 1.00 bits per heavy atom. The van der Waals surface area contributed by atoms with Crippen LogP contribution >= 0.6 is 0 Å². The van der Waals surface area contributed by atoms with E-state index in [-0.39, 0.29) is 17.2 Å². The van der Waals surface area contributed by atoms with Crippen LogP contribution in [0.15, 0.2) is 71.7 Å². The molecule has 188 valence electrons. The number of likely N-dealkylation sites (tertiary alicyclic amines) is 1. The van der Waals surface area contributed by atoms with E-state index in [0.29, 0.717) is 28.2 Å². The molecule has 5 rings (SSSR count). The normalized spacial score (nSPS) is 17.8. The molecule has 2 heterocycles. The first-order valence-corrected chi connectivity index (χ1v) is 12.2. The predicted molar refractivity (Wildman–Crippen MR) is 140 cm³/mol. The highest BCUT2D eigenvalue weighted by molar-refractivity contribution is 6.24. The molecule has 9 heteroatoms. The lowest BCUT2D eigenvalue weighted by molar-refractivity contribution is -0.384. The fourth-order valence-corrected chi connectivity index (χ4v) is 4.90. The lowest BCUT2D eigenvalue weighted by Crippen LogP contribution is -2.28. The molecule has 0 aliphatic carbocycles. The van der Waals surface area contributed by atoms with Crippen molar-refractivity contribution >= 4 is 34.7 Å². The van der Waals surface area contributed by atoms with E-state index in [1.165, 1.54) is 55.2 Å². The summed E-state index contributed by atoms with van der Waals surface area (Å²) < 4.78 is 0. The summed E-state index contributed by atoms with van der Waals surface area (Å²) in [6.07, 6.45) is 3.71. The van der Waals surface area contributed by atoms with Gasteiger partial charge in [0.25, 0.3) is 5.69 Å². The van der Waals surface area contributed by atoms with Gasteiger partial charge in [-0.3, -0.25) is 24.8 Å². The minimum Gasteiger partial charge on any atom is -0.478 e. The zero-order valence-corrected chi connectivity index (χ0v) is 20.1. The van der Waals surface area contributed by atoms with Gasteiger partial charge in [-0.15, -0.1) is 0 Å². The molecule has 1 fully saturated rings. The maximum Gasteiger partial charge on any atom is 0.335 e. The van der Waals surface area contributed by atoms with E-state index in [1.807, 2.05) is 24.3 Å². The summed E-state index contributed by atoms with van der Waals surface area (Å²) >= 11 is 0. The number of nitrogens with one attached hydrogen (secondary N) is 1. The number of hydrogen-bond acceptors (Lipinski definition) is 6. The summed E-state index contributed by atoms with van der Waals surface area (Å²) in [6.45, 7) is 3.06. The lowest BCUT2D eigenvalue weighted by atomic mass is 9.90. The fourth-order valence-electron chi connectivity index (χ4n) is 4.90. The second kappa shape index (κ2) is 10.3. The van der Waals surface area contributed by atoms with Gasteiger partial charge in [-0.2, -0.15) is 0 Å². The molecule has 0 aromatic heterocycles. The number of carbonyl (C=O) groups is 2. The van der Waals surface area contributed by atoms with Gasteiger partial charge in [0.2, 0.25) is 5.91 Å². The molecule has 0 radical (unpaired) electrons. The summed E-state index contributed by atoms with van der Waals surface area (Å²) in [5, 5.41) is 23.5. The van der Waals surface area contributed by atoms with Gasteiger partial charge in [-0.1, -0.05) is 30.7 Å². The maximum atomic E-state index is 13.1. The number of aromatic carboxylic acids is 1. The van der Waals surface area contributed by atoms with Gasteiger partial charge in [0.1, 0.15) is 5.92 Å². The molecule has 9 nitrogen and oxygen atoms in total. The number of aliphatic imine (C=N–C) groups is 1. The highest BCUT2D eigenvalue weighted by Gasteiger charge is 2.36. The van der Waals surface area contributed by atoms with Crippen LogP contribution in [0.2, 0.25) is 0 Å². The van der Waals surface area contributed by atoms with Crippen molar-refractivity contribution in [3.63, 3.8) is 0 Å². The molecular formula is C28H26N4O5. The molecule has 37 heavy (non-hydrogen) atoms. The van der Waals surface area contributed by atoms with Crippen molar-refractivity contribution in [2.75, 3.05) is 18.4 Å². The van der Waals surface area contributed by atoms with Crippen LogP contribution in [0.5, 0.6) is 0 Å². The number of carboxylic acid groups (broad SMARTS) is 1.